The molecule has 1 heteroatoms. The second-order valence-electron chi connectivity index (χ2n) is 6.89. The molecule has 1 aliphatic rings. The van der Waals surface area contributed by atoms with Gasteiger partial charge in [-0.05, 0) is 48.9 Å². The fourth-order valence-corrected chi connectivity index (χ4v) is 2.75. The molecule has 1 saturated heterocycles. The standard InChI is InChI=1S/C17H27N/c1-17(2,3)13-15-7-9-16(10-8-15)14-18-11-5-4-6-12-18/h7-10H,4-6,11-14H2,1-3H3. The maximum absolute atomic E-state index is 2.59. The van der Waals surface area contributed by atoms with Gasteiger partial charge in [-0.2, -0.15) is 0 Å². The van der Waals surface area contributed by atoms with Crippen molar-refractivity contribution in [3.63, 3.8) is 0 Å². The van der Waals surface area contributed by atoms with Gasteiger partial charge in [0.1, 0.15) is 0 Å². The van der Waals surface area contributed by atoms with Gasteiger partial charge < -0.3 is 0 Å². The Morgan fingerprint density at radius 2 is 1.44 bits per heavy atom. The van der Waals surface area contributed by atoms with E-state index >= 15 is 0 Å². The summed E-state index contributed by atoms with van der Waals surface area (Å²) in [5.74, 6) is 0. The van der Waals surface area contributed by atoms with Crippen LogP contribution < -0.4 is 0 Å². The van der Waals surface area contributed by atoms with Crippen LogP contribution in [0.4, 0.5) is 0 Å². The Balaban J connectivity index is 1.90. The Bertz CT molecular complexity index is 352. The van der Waals surface area contributed by atoms with E-state index in [-0.39, 0.29) is 0 Å². The Labute approximate surface area is 112 Å². The monoisotopic (exact) mass is 245 g/mol. The molecule has 1 heterocycles. The molecule has 1 aliphatic heterocycles. The third-order valence-corrected chi connectivity index (χ3v) is 3.61. The van der Waals surface area contributed by atoms with Gasteiger partial charge >= 0.3 is 0 Å². The fraction of sp³-hybridized carbons (Fsp3) is 0.647. The van der Waals surface area contributed by atoms with E-state index in [0.29, 0.717) is 5.41 Å². The molecule has 100 valence electrons. The number of rotatable bonds is 3. The van der Waals surface area contributed by atoms with Gasteiger partial charge in [0.2, 0.25) is 0 Å². The first kappa shape index (κ1) is 13.6. The Kier molecular flexibility index (Phi) is 4.45. The predicted molar refractivity (Wildman–Crippen MR) is 78.7 cm³/mol. The molecule has 18 heavy (non-hydrogen) atoms. The molecule has 0 aromatic heterocycles. The fourth-order valence-electron chi connectivity index (χ4n) is 2.75. The average Bonchev–Trinajstić information content (AvgIpc) is 2.31. The Morgan fingerprint density at radius 3 is 2.00 bits per heavy atom. The minimum absolute atomic E-state index is 0.383. The maximum atomic E-state index is 2.59. The lowest BCUT2D eigenvalue weighted by atomic mass is 9.88. The average molecular weight is 245 g/mol. The molecular weight excluding hydrogens is 218 g/mol. The summed E-state index contributed by atoms with van der Waals surface area (Å²) in [5, 5.41) is 0. The number of piperidine rings is 1. The lowest BCUT2D eigenvalue weighted by Crippen LogP contribution is -2.29. The van der Waals surface area contributed by atoms with Crippen molar-refractivity contribution in [1.29, 1.82) is 0 Å². The van der Waals surface area contributed by atoms with E-state index < -0.39 is 0 Å². The van der Waals surface area contributed by atoms with Gasteiger partial charge in [-0.25, -0.2) is 0 Å². The van der Waals surface area contributed by atoms with Crippen molar-refractivity contribution < 1.29 is 0 Å². The highest BCUT2D eigenvalue weighted by Crippen LogP contribution is 2.21. The van der Waals surface area contributed by atoms with Crippen molar-refractivity contribution in [3.05, 3.63) is 35.4 Å². The molecule has 0 aliphatic carbocycles. The summed E-state index contributed by atoms with van der Waals surface area (Å²) in [6.07, 6.45) is 5.34. The number of likely N-dealkylation sites (tertiary alicyclic amines) is 1. The Morgan fingerprint density at radius 1 is 0.889 bits per heavy atom. The summed E-state index contributed by atoms with van der Waals surface area (Å²) >= 11 is 0. The lowest BCUT2D eigenvalue weighted by molar-refractivity contribution is 0.221. The first-order valence-corrected chi connectivity index (χ1v) is 7.33. The van der Waals surface area contributed by atoms with Crippen molar-refractivity contribution >= 4 is 0 Å². The first-order valence-electron chi connectivity index (χ1n) is 7.33. The van der Waals surface area contributed by atoms with Crippen LogP contribution in [-0.4, -0.2) is 18.0 Å². The van der Waals surface area contributed by atoms with Gasteiger partial charge in [-0.3, -0.25) is 4.90 Å². The van der Waals surface area contributed by atoms with Crippen molar-refractivity contribution in [2.75, 3.05) is 13.1 Å². The molecule has 1 fully saturated rings. The minimum Gasteiger partial charge on any atom is -0.299 e. The van der Waals surface area contributed by atoms with Crippen molar-refractivity contribution in [1.82, 2.24) is 4.90 Å². The second kappa shape index (κ2) is 5.88. The minimum atomic E-state index is 0.383. The van der Waals surface area contributed by atoms with Crippen LogP contribution in [0.3, 0.4) is 0 Å². The van der Waals surface area contributed by atoms with Gasteiger partial charge in [0.05, 0.1) is 0 Å². The summed E-state index contributed by atoms with van der Waals surface area (Å²) in [7, 11) is 0. The van der Waals surface area contributed by atoms with E-state index in [9.17, 15) is 0 Å². The van der Waals surface area contributed by atoms with Gasteiger partial charge in [-0.1, -0.05) is 51.5 Å². The highest BCUT2D eigenvalue weighted by Gasteiger charge is 2.12. The molecule has 0 amide bonds. The SMILES string of the molecule is CC(C)(C)Cc1ccc(CN2CCCCC2)cc1. The van der Waals surface area contributed by atoms with Crippen LogP contribution >= 0.6 is 0 Å². The second-order valence-corrected chi connectivity index (χ2v) is 6.89. The number of nitrogens with zero attached hydrogens (tertiary/aromatic N) is 1. The maximum Gasteiger partial charge on any atom is 0.0233 e. The summed E-state index contributed by atoms with van der Waals surface area (Å²) in [6.45, 7) is 10.6. The van der Waals surface area contributed by atoms with Crippen LogP contribution in [0.1, 0.15) is 51.2 Å². The number of benzene rings is 1. The molecule has 0 N–H and O–H groups in total. The molecule has 1 aromatic rings. The van der Waals surface area contributed by atoms with Crippen LogP contribution in [0.5, 0.6) is 0 Å². The van der Waals surface area contributed by atoms with Gasteiger partial charge in [0.15, 0.2) is 0 Å². The van der Waals surface area contributed by atoms with E-state index in [0.717, 1.165) is 13.0 Å². The molecule has 0 spiro atoms. The molecule has 0 bridgehead atoms. The van der Waals surface area contributed by atoms with Crippen molar-refractivity contribution in [2.24, 2.45) is 5.41 Å². The molecule has 2 rings (SSSR count). The van der Waals surface area contributed by atoms with Crippen molar-refractivity contribution in [2.45, 2.75) is 53.0 Å². The third-order valence-electron chi connectivity index (χ3n) is 3.61. The highest BCUT2D eigenvalue weighted by molar-refractivity contribution is 5.23. The van der Waals surface area contributed by atoms with E-state index in [4.69, 9.17) is 0 Å². The molecule has 1 nitrogen and oxygen atoms in total. The van der Waals surface area contributed by atoms with E-state index in [2.05, 4.69) is 49.9 Å². The number of hydrogen-bond donors (Lipinski definition) is 0. The van der Waals surface area contributed by atoms with E-state index in [1.165, 1.54) is 43.5 Å². The highest BCUT2D eigenvalue weighted by atomic mass is 15.1. The zero-order valence-corrected chi connectivity index (χ0v) is 12.2. The predicted octanol–water partition coefficient (Wildman–Crippen LogP) is 4.26. The van der Waals surface area contributed by atoms with Crippen LogP contribution in [0.2, 0.25) is 0 Å². The zero-order chi connectivity index (χ0) is 13.0. The summed E-state index contributed by atoms with van der Waals surface area (Å²) in [6, 6.07) is 9.25. The Hall–Kier alpha value is -0.820. The first-order chi connectivity index (χ1) is 8.53. The molecular formula is C17H27N. The summed E-state index contributed by atoms with van der Waals surface area (Å²) < 4.78 is 0. The quantitative estimate of drug-likeness (QED) is 0.769. The third kappa shape index (κ3) is 4.45. The van der Waals surface area contributed by atoms with Gasteiger partial charge in [-0.15, -0.1) is 0 Å². The summed E-state index contributed by atoms with van der Waals surface area (Å²) in [5.41, 5.74) is 3.31. The molecule has 0 saturated carbocycles. The van der Waals surface area contributed by atoms with E-state index in [1.54, 1.807) is 0 Å². The molecule has 1 aromatic carbocycles. The smallest absolute Gasteiger partial charge is 0.0233 e. The van der Waals surface area contributed by atoms with Gasteiger partial charge in [0, 0.05) is 6.54 Å². The molecule has 0 atom stereocenters. The van der Waals surface area contributed by atoms with Crippen LogP contribution in [0, 0.1) is 5.41 Å². The van der Waals surface area contributed by atoms with Crippen LogP contribution in [0.25, 0.3) is 0 Å². The lowest BCUT2D eigenvalue weighted by Gasteiger charge is -2.26. The number of hydrogen-bond acceptors (Lipinski definition) is 1. The largest absolute Gasteiger partial charge is 0.299 e. The summed E-state index contributed by atoms with van der Waals surface area (Å²) in [4.78, 5) is 2.59. The molecule has 0 radical (unpaired) electrons. The van der Waals surface area contributed by atoms with E-state index in [1.807, 2.05) is 0 Å². The normalized spacial score (nSPS) is 17.9. The van der Waals surface area contributed by atoms with Crippen LogP contribution in [0.15, 0.2) is 24.3 Å². The van der Waals surface area contributed by atoms with Crippen molar-refractivity contribution in [3.8, 4) is 0 Å². The zero-order valence-electron chi connectivity index (χ0n) is 12.2. The van der Waals surface area contributed by atoms with Gasteiger partial charge in [0.25, 0.3) is 0 Å². The molecule has 0 unspecified atom stereocenters. The topological polar surface area (TPSA) is 3.24 Å². The van der Waals surface area contributed by atoms with Crippen LogP contribution in [-0.2, 0) is 13.0 Å².